The summed E-state index contributed by atoms with van der Waals surface area (Å²) in [5, 5.41) is 18.4. The molecule has 1 aromatic carbocycles. The second-order valence-electron chi connectivity index (χ2n) is 4.98. The highest BCUT2D eigenvalue weighted by molar-refractivity contribution is 5.79. The molecule has 6 nitrogen and oxygen atoms in total. The molecule has 1 heterocycles. The summed E-state index contributed by atoms with van der Waals surface area (Å²) < 4.78 is 10.9. The molecule has 1 aromatic rings. The van der Waals surface area contributed by atoms with Gasteiger partial charge in [0, 0.05) is 0 Å². The second kappa shape index (κ2) is 6.46. The van der Waals surface area contributed by atoms with Crippen molar-refractivity contribution in [3.63, 3.8) is 0 Å². The Bertz CT molecular complexity index is 547. The predicted octanol–water partition coefficient (Wildman–Crippen LogP) is 0.951. The van der Waals surface area contributed by atoms with Crippen molar-refractivity contribution in [1.82, 2.24) is 4.90 Å². The molecular weight excluding hydrogens is 272 g/mol. The summed E-state index contributed by atoms with van der Waals surface area (Å²) in [6.07, 6.45) is 0.0326. The molecular formula is C15H18N2O4. The maximum Gasteiger partial charge on any atom is 0.260 e. The van der Waals surface area contributed by atoms with Crippen LogP contribution in [0.4, 0.5) is 0 Å². The molecule has 1 aliphatic heterocycles. The zero-order valence-corrected chi connectivity index (χ0v) is 11.9. The number of nitrogens with zero attached hydrogens (tertiary/aromatic N) is 2. The van der Waals surface area contributed by atoms with Crippen molar-refractivity contribution >= 4 is 5.91 Å². The average Bonchev–Trinajstić information content (AvgIpc) is 2.44. The van der Waals surface area contributed by atoms with E-state index in [2.05, 4.69) is 0 Å². The van der Waals surface area contributed by atoms with Crippen molar-refractivity contribution in [2.24, 2.45) is 0 Å². The van der Waals surface area contributed by atoms with Crippen LogP contribution in [-0.4, -0.2) is 47.8 Å². The van der Waals surface area contributed by atoms with Gasteiger partial charge in [0.25, 0.3) is 5.91 Å². The Morgan fingerprint density at radius 2 is 2.00 bits per heavy atom. The van der Waals surface area contributed by atoms with Gasteiger partial charge in [-0.15, -0.1) is 0 Å². The van der Waals surface area contributed by atoms with Crippen LogP contribution in [0.2, 0.25) is 0 Å². The van der Waals surface area contributed by atoms with Crippen molar-refractivity contribution < 1.29 is 19.4 Å². The standard InChI is InChI=1S/C15H18N2O4/c1-2-20-12-5-3-4-6-13(12)21-9-14(18)17-10-15(19,11-17)7-8-16/h3-6,19H,2,7,9-11H2,1H3. The van der Waals surface area contributed by atoms with E-state index in [1.165, 1.54) is 4.90 Å². The van der Waals surface area contributed by atoms with Crippen molar-refractivity contribution in [2.45, 2.75) is 18.9 Å². The van der Waals surface area contributed by atoms with Crippen LogP contribution in [0.5, 0.6) is 11.5 Å². The van der Waals surface area contributed by atoms with Gasteiger partial charge in [0.2, 0.25) is 0 Å². The van der Waals surface area contributed by atoms with Crippen LogP contribution in [-0.2, 0) is 4.79 Å². The first-order valence-electron chi connectivity index (χ1n) is 6.80. The van der Waals surface area contributed by atoms with E-state index in [1.54, 1.807) is 18.2 Å². The minimum absolute atomic E-state index is 0.0326. The van der Waals surface area contributed by atoms with Gasteiger partial charge in [-0.2, -0.15) is 5.26 Å². The Kier molecular flexibility index (Phi) is 4.66. The van der Waals surface area contributed by atoms with E-state index in [1.807, 2.05) is 19.1 Å². The Labute approximate surface area is 123 Å². The number of nitriles is 1. The summed E-state index contributed by atoms with van der Waals surface area (Å²) in [6.45, 7) is 2.62. The van der Waals surface area contributed by atoms with E-state index in [4.69, 9.17) is 14.7 Å². The van der Waals surface area contributed by atoms with E-state index in [-0.39, 0.29) is 32.0 Å². The van der Waals surface area contributed by atoms with Gasteiger partial charge in [0.1, 0.15) is 5.60 Å². The molecule has 0 unspecified atom stereocenters. The van der Waals surface area contributed by atoms with Gasteiger partial charge in [-0.1, -0.05) is 12.1 Å². The number of carbonyl (C=O) groups excluding carboxylic acids is 1. The molecule has 0 bridgehead atoms. The number of amides is 1. The SMILES string of the molecule is CCOc1ccccc1OCC(=O)N1CC(O)(CC#N)C1. The fourth-order valence-corrected chi connectivity index (χ4v) is 2.17. The van der Waals surface area contributed by atoms with Crippen molar-refractivity contribution in [2.75, 3.05) is 26.3 Å². The van der Waals surface area contributed by atoms with E-state index >= 15 is 0 Å². The highest BCUT2D eigenvalue weighted by Crippen LogP contribution is 2.27. The van der Waals surface area contributed by atoms with Crippen LogP contribution >= 0.6 is 0 Å². The van der Waals surface area contributed by atoms with Gasteiger partial charge in [-0.25, -0.2) is 0 Å². The first kappa shape index (κ1) is 15.1. The Morgan fingerprint density at radius 3 is 2.57 bits per heavy atom. The maximum atomic E-state index is 11.9. The minimum Gasteiger partial charge on any atom is -0.490 e. The lowest BCUT2D eigenvalue weighted by Gasteiger charge is -2.45. The van der Waals surface area contributed by atoms with Gasteiger partial charge < -0.3 is 19.5 Å². The molecule has 0 aliphatic carbocycles. The topological polar surface area (TPSA) is 82.8 Å². The number of rotatable bonds is 6. The van der Waals surface area contributed by atoms with Gasteiger partial charge in [0.05, 0.1) is 32.2 Å². The van der Waals surface area contributed by atoms with Crippen LogP contribution in [0, 0.1) is 11.3 Å². The molecule has 0 radical (unpaired) electrons. The molecule has 1 amide bonds. The Balaban J connectivity index is 1.85. The van der Waals surface area contributed by atoms with Crippen molar-refractivity contribution in [1.29, 1.82) is 5.26 Å². The molecule has 0 saturated carbocycles. The molecule has 0 atom stereocenters. The van der Waals surface area contributed by atoms with Gasteiger partial charge in [-0.05, 0) is 19.1 Å². The zero-order valence-electron chi connectivity index (χ0n) is 11.9. The minimum atomic E-state index is -1.06. The number of β-amino-alcohol motifs (C(OH)–C–C–N with tert-alkyl or cyclic N) is 1. The largest absolute Gasteiger partial charge is 0.490 e. The summed E-state index contributed by atoms with van der Waals surface area (Å²) in [4.78, 5) is 13.4. The van der Waals surface area contributed by atoms with Crippen LogP contribution in [0.15, 0.2) is 24.3 Å². The lowest BCUT2D eigenvalue weighted by molar-refractivity contribution is -0.156. The summed E-state index contributed by atoms with van der Waals surface area (Å²) >= 11 is 0. The molecule has 2 rings (SSSR count). The van der Waals surface area contributed by atoms with E-state index in [9.17, 15) is 9.90 Å². The van der Waals surface area contributed by atoms with Crippen molar-refractivity contribution in [3.05, 3.63) is 24.3 Å². The number of aliphatic hydroxyl groups is 1. The van der Waals surface area contributed by atoms with Gasteiger partial charge in [0.15, 0.2) is 18.1 Å². The Morgan fingerprint density at radius 1 is 1.38 bits per heavy atom. The van der Waals surface area contributed by atoms with Crippen LogP contribution in [0.3, 0.4) is 0 Å². The predicted molar refractivity (Wildman–Crippen MR) is 74.9 cm³/mol. The van der Waals surface area contributed by atoms with Crippen molar-refractivity contribution in [3.8, 4) is 17.6 Å². The monoisotopic (exact) mass is 290 g/mol. The van der Waals surface area contributed by atoms with E-state index in [0.717, 1.165) is 0 Å². The maximum absolute atomic E-state index is 11.9. The number of carbonyl (C=O) groups is 1. The molecule has 6 heteroatoms. The zero-order chi connectivity index (χ0) is 15.3. The van der Waals surface area contributed by atoms with Crippen LogP contribution in [0.1, 0.15) is 13.3 Å². The Hall–Kier alpha value is -2.26. The molecule has 0 spiro atoms. The summed E-state index contributed by atoms with van der Waals surface area (Å²) in [6, 6.07) is 9.06. The second-order valence-corrected chi connectivity index (χ2v) is 4.98. The summed E-state index contributed by atoms with van der Waals surface area (Å²) in [5.41, 5.74) is -1.06. The van der Waals surface area contributed by atoms with Crippen LogP contribution in [0.25, 0.3) is 0 Å². The third kappa shape index (κ3) is 3.64. The molecule has 1 fully saturated rings. The fraction of sp³-hybridized carbons (Fsp3) is 0.467. The molecule has 112 valence electrons. The normalized spacial score (nSPS) is 15.8. The lowest BCUT2D eigenvalue weighted by atomic mass is 9.91. The third-order valence-corrected chi connectivity index (χ3v) is 3.23. The van der Waals surface area contributed by atoms with Gasteiger partial charge >= 0.3 is 0 Å². The first-order chi connectivity index (χ1) is 10.1. The number of ether oxygens (including phenoxy) is 2. The number of likely N-dealkylation sites (tertiary alicyclic amines) is 1. The molecule has 0 aromatic heterocycles. The molecule has 1 N–H and O–H groups in total. The smallest absolute Gasteiger partial charge is 0.260 e. The van der Waals surface area contributed by atoms with E-state index in [0.29, 0.717) is 18.1 Å². The highest BCUT2D eigenvalue weighted by Gasteiger charge is 2.43. The number of hydrogen-bond donors (Lipinski definition) is 1. The molecule has 1 aliphatic rings. The molecule has 1 saturated heterocycles. The number of para-hydroxylation sites is 2. The van der Waals surface area contributed by atoms with Gasteiger partial charge in [-0.3, -0.25) is 4.79 Å². The molecule has 21 heavy (non-hydrogen) atoms. The number of hydrogen-bond acceptors (Lipinski definition) is 5. The quantitative estimate of drug-likeness (QED) is 0.843. The lowest BCUT2D eigenvalue weighted by Crippen LogP contribution is -2.64. The number of benzene rings is 1. The first-order valence-corrected chi connectivity index (χ1v) is 6.80. The fourth-order valence-electron chi connectivity index (χ4n) is 2.17. The highest BCUT2D eigenvalue weighted by atomic mass is 16.5. The third-order valence-electron chi connectivity index (χ3n) is 3.23. The van der Waals surface area contributed by atoms with E-state index < -0.39 is 5.60 Å². The van der Waals surface area contributed by atoms with Crippen LogP contribution < -0.4 is 9.47 Å². The summed E-state index contributed by atoms with van der Waals surface area (Å²) in [5.74, 6) is 0.891. The summed E-state index contributed by atoms with van der Waals surface area (Å²) in [7, 11) is 0. The average molecular weight is 290 g/mol.